The van der Waals surface area contributed by atoms with Gasteiger partial charge in [-0.1, -0.05) is 13.0 Å². The van der Waals surface area contributed by atoms with E-state index < -0.39 is 66.0 Å². The van der Waals surface area contributed by atoms with Crippen LogP contribution in [0.1, 0.15) is 33.6 Å². The predicted octanol–water partition coefficient (Wildman–Crippen LogP) is -0.921. The lowest BCUT2D eigenvalue weighted by atomic mass is 9.59. The van der Waals surface area contributed by atoms with Gasteiger partial charge in [-0.25, -0.2) is 4.79 Å². The molecule has 0 aromatic heterocycles. The van der Waals surface area contributed by atoms with Gasteiger partial charge in [-0.15, -0.1) is 0 Å². The number of aliphatic hydroxyl groups excluding tert-OH is 4. The Hall–Kier alpha value is -1.37. The SMILES string of the molecule is CC(/C=C/[C@]1(O)[C@@]2(C)CO[C@]1(C)C[C@@H](O[C@@H]1O[C@H](CO)[C@@H](O)[C@H](O)[C@H]1O)C2)=C\C(=O)O. The van der Waals surface area contributed by atoms with E-state index in [9.17, 15) is 30.3 Å². The van der Waals surface area contributed by atoms with Gasteiger partial charge in [0.1, 0.15) is 35.6 Å². The van der Waals surface area contributed by atoms with Gasteiger partial charge in [0.2, 0.25) is 0 Å². The second-order valence-electron chi connectivity index (χ2n) is 9.27. The summed E-state index contributed by atoms with van der Waals surface area (Å²) in [5.74, 6) is -1.08. The lowest BCUT2D eigenvalue weighted by Gasteiger charge is -2.51. The molecular weight excluding hydrogens is 412 g/mol. The minimum absolute atomic E-state index is 0.236. The summed E-state index contributed by atoms with van der Waals surface area (Å²) in [5, 5.41) is 60.0. The second-order valence-corrected chi connectivity index (χ2v) is 9.27. The summed E-state index contributed by atoms with van der Waals surface area (Å²) >= 11 is 0. The van der Waals surface area contributed by atoms with E-state index in [0.29, 0.717) is 12.0 Å². The normalized spacial score (nSPS) is 48.3. The number of aliphatic hydroxyl groups is 5. The largest absolute Gasteiger partial charge is 0.478 e. The van der Waals surface area contributed by atoms with Crippen molar-refractivity contribution in [2.75, 3.05) is 13.2 Å². The first-order chi connectivity index (χ1) is 14.4. The summed E-state index contributed by atoms with van der Waals surface area (Å²) in [6.45, 7) is 4.88. The smallest absolute Gasteiger partial charge is 0.328 e. The van der Waals surface area contributed by atoms with Crippen LogP contribution in [-0.4, -0.2) is 97.8 Å². The van der Waals surface area contributed by atoms with Crippen molar-refractivity contribution in [1.29, 1.82) is 0 Å². The maximum absolute atomic E-state index is 11.6. The first-order valence-corrected chi connectivity index (χ1v) is 10.3. The molecule has 0 aromatic carbocycles. The average molecular weight is 444 g/mol. The molecule has 2 aliphatic heterocycles. The van der Waals surface area contributed by atoms with E-state index in [1.54, 1.807) is 26.0 Å². The number of carbonyl (C=O) groups is 1. The molecule has 3 rings (SSSR count). The van der Waals surface area contributed by atoms with Crippen LogP contribution in [0.15, 0.2) is 23.8 Å². The number of hydrogen-bond acceptors (Lipinski definition) is 9. The van der Waals surface area contributed by atoms with Gasteiger partial charge in [0.15, 0.2) is 6.29 Å². The summed E-state index contributed by atoms with van der Waals surface area (Å²) in [6.07, 6.45) is -2.65. The zero-order chi connectivity index (χ0) is 23.2. The fraction of sp³-hybridized carbons (Fsp3) is 0.762. The third-order valence-corrected chi connectivity index (χ3v) is 6.84. The van der Waals surface area contributed by atoms with E-state index in [1.165, 1.54) is 0 Å². The van der Waals surface area contributed by atoms with Gasteiger partial charge in [0.25, 0.3) is 0 Å². The van der Waals surface area contributed by atoms with E-state index in [2.05, 4.69) is 0 Å². The van der Waals surface area contributed by atoms with Crippen molar-refractivity contribution < 1.29 is 49.6 Å². The van der Waals surface area contributed by atoms with Gasteiger partial charge in [0, 0.05) is 17.9 Å². The van der Waals surface area contributed by atoms with Crippen LogP contribution >= 0.6 is 0 Å². The minimum Gasteiger partial charge on any atom is -0.478 e. The van der Waals surface area contributed by atoms with Crippen molar-refractivity contribution in [2.45, 2.75) is 81.6 Å². The van der Waals surface area contributed by atoms with Crippen LogP contribution in [0.4, 0.5) is 0 Å². The van der Waals surface area contributed by atoms with Crippen LogP contribution in [0, 0.1) is 5.41 Å². The Morgan fingerprint density at radius 2 is 1.84 bits per heavy atom. The van der Waals surface area contributed by atoms with Crippen molar-refractivity contribution in [1.82, 2.24) is 0 Å². The summed E-state index contributed by atoms with van der Waals surface area (Å²) in [5.41, 5.74) is -2.77. The van der Waals surface area contributed by atoms with E-state index in [4.69, 9.17) is 19.3 Å². The van der Waals surface area contributed by atoms with E-state index in [0.717, 1.165) is 6.08 Å². The third kappa shape index (κ3) is 4.19. The molecule has 0 unspecified atom stereocenters. The van der Waals surface area contributed by atoms with Crippen LogP contribution in [0.25, 0.3) is 0 Å². The van der Waals surface area contributed by atoms with Crippen LogP contribution < -0.4 is 0 Å². The van der Waals surface area contributed by atoms with Crippen molar-refractivity contribution in [2.24, 2.45) is 5.41 Å². The number of rotatable bonds is 6. The molecule has 0 aromatic rings. The first-order valence-electron chi connectivity index (χ1n) is 10.3. The maximum atomic E-state index is 11.6. The average Bonchev–Trinajstić information content (AvgIpc) is 2.79. The van der Waals surface area contributed by atoms with Crippen LogP contribution in [-0.2, 0) is 19.0 Å². The Labute approximate surface area is 180 Å². The van der Waals surface area contributed by atoms with Crippen molar-refractivity contribution in [3.05, 3.63) is 23.8 Å². The molecule has 6 N–H and O–H groups in total. The third-order valence-electron chi connectivity index (χ3n) is 6.84. The molecule has 0 amide bonds. The molecule has 9 atom stereocenters. The molecule has 3 fully saturated rings. The summed E-state index contributed by atoms with van der Waals surface area (Å²) < 4.78 is 17.3. The van der Waals surface area contributed by atoms with E-state index in [-0.39, 0.29) is 13.0 Å². The van der Waals surface area contributed by atoms with Crippen LogP contribution in [0.2, 0.25) is 0 Å². The Morgan fingerprint density at radius 1 is 1.16 bits per heavy atom. The lowest BCUT2D eigenvalue weighted by molar-refractivity contribution is -0.319. The molecule has 1 saturated carbocycles. The highest BCUT2D eigenvalue weighted by molar-refractivity contribution is 5.81. The van der Waals surface area contributed by atoms with Gasteiger partial charge >= 0.3 is 5.97 Å². The fourth-order valence-corrected chi connectivity index (χ4v) is 4.95. The van der Waals surface area contributed by atoms with E-state index >= 15 is 0 Å². The van der Waals surface area contributed by atoms with Gasteiger partial charge < -0.3 is 44.8 Å². The number of carboxylic acids is 1. The number of ether oxygens (including phenoxy) is 3. The molecule has 2 heterocycles. The number of hydrogen-bond donors (Lipinski definition) is 6. The van der Waals surface area contributed by atoms with Crippen molar-refractivity contribution in [3.8, 4) is 0 Å². The quantitative estimate of drug-likeness (QED) is 0.223. The monoisotopic (exact) mass is 444 g/mol. The fourth-order valence-electron chi connectivity index (χ4n) is 4.95. The molecular formula is C21H32O10. The maximum Gasteiger partial charge on any atom is 0.328 e. The molecule has 0 radical (unpaired) electrons. The number of fused-ring (bicyclic) bond motifs is 2. The van der Waals surface area contributed by atoms with Crippen LogP contribution in [0.3, 0.4) is 0 Å². The lowest BCUT2D eigenvalue weighted by Crippen LogP contribution is -2.63. The Morgan fingerprint density at radius 3 is 2.42 bits per heavy atom. The molecule has 3 aliphatic rings. The topological polar surface area (TPSA) is 166 Å². The number of allylic oxidation sites excluding steroid dienone is 2. The summed E-state index contributed by atoms with van der Waals surface area (Å²) in [6, 6.07) is 0. The molecule has 10 nitrogen and oxygen atoms in total. The minimum atomic E-state index is -1.54. The summed E-state index contributed by atoms with van der Waals surface area (Å²) in [7, 11) is 0. The Bertz CT molecular complexity index is 728. The van der Waals surface area contributed by atoms with Crippen LogP contribution in [0.5, 0.6) is 0 Å². The van der Waals surface area contributed by atoms with Crippen molar-refractivity contribution >= 4 is 5.97 Å². The molecule has 0 spiro atoms. The zero-order valence-corrected chi connectivity index (χ0v) is 17.8. The predicted molar refractivity (Wildman–Crippen MR) is 106 cm³/mol. The molecule has 2 bridgehead atoms. The van der Waals surface area contributed by atoms with Gasteiger partial charge in [-0.2, -0.15) is 0 Å². The highest BCUT2D eigenvalue weighted by Crippen LogP contribution is 2.58. The first kappa shape index (κ1) is 24.3. The van der Waals surface area contributed by atoms with E-state index in [1.807, 2.05) is 6.92 Å². The molecule has 1 aliphatic carbocycles. The standard InChI is InChI=1S/C21H32O10/c1-11(6-14(23)24)4-5-21(28)19(2)7-12(8-20(21,3)29-10-19)30-18-17(27)16(26)15(25)13(9-22)31-18/h4-6,12-13,15-18,22,25-28H,7-10H2,1-3H3,(H,23,24)/b5-4+,11-6+/t12-,13+,15+,16-,17+,18+,19+,20+,21-/m0/s1. The molecule has 176 valence electrons. The van der Waals surface area contributed by atoms with Gasteiger partial charge in [0.05, 0.1) is 19.3 Å². The molecule has 31 heavy (non-hydrogen) atoms. The summed E-state index contributed by atoms with van der Waals surface area (Å²) in [4.78, 5) is 10.9. The van der Waals surface area contributed by atoms with Gasteiger partial charge in [-0.05, 0) is 31.9 Å². The highest BCUT2D eigenvalue weighted by atomic mass is 16.7. The van der Waals surface area contributed by atoms with Crippen molar-refractivity contribution in [3.63, 3.8) is 0 Å². The highest BCUT2D eigenvalue weighted by Gasteiger charge is 2.67. The zero-order valence-electron chi connectivity index (χ0n) is 17.8. The Kier molecular flexibility index (Phi) is 6.68. The Balaban J connectivity index is 1.78. The number of carboxylic acid groups (broad SMARTS) is 1. The second kappa shape index (κ2) is 8.53. The number of aliphatic carboxylic acids is 1. The van der Waals surface area contributed by atoms with Gasteiger partial charge in [-0.3, -0.25) is 0 Å². The molecule has 2 saturated heterocycles. The molecule has 10 heteroatoms.